The lowest BCUT2D eigenvalue weighted by Crippen LogP contribution is -2.16. The van der Waals surface area contributed by atoms with Crippen LogP contribution in [-0.4, -0.2) is 23.2 Å². The number of aryl methyl sites for hydroxylation is 1. The molecule has 0 unspecified atom stereocenters. The number of hydrogen-bond donors (Lipinski definition) is 2. The number of aromatic nitrogens is 3. The fraction of sp³-hybridized carbons (Fsp3) is 0.0909. The molecule has 0 atom stereocenters. The van der Waals surface area contributed by atoms with Crippen molar-refractivity contribution >= 4 is 42.4 Å². The van der Waals surface area contributed by atoms with E-state index >= 15 is 0 Å². The molecule has 9 heteroatoms. The molecule has 3 rings (SSSR count). The second-order valence-electron chi connectivity index (χ2n) is 4.14. The molecule has 0 aliphatic rings. The Morgan fingerprint density at radius 2 is 2.15 bits per heavy atom. The van der Waals surface area contributed by atoms with E-state index in [-0.39, 0.29) is 5.03 Å². The van der Waals surface area contributed by atoms with Gasteiger partial charge in [-0.2, -0.15) is 13.5 Å². The number of rotatable bonds is 3. The lowest BCUT2D eigenvalue weighted by Gasteiger charge is -2.04. The van der Waals surface area contributed by atoms with Gasteiger partial charge >= 0.3 is 0 Å². The van der Waals surface area contributed by atoms with Crippen molar-refractivity contribution in [1.29, 1.82) is 0 Å². The number of sulfonamides is 1. The first kappa shape index (κ1) is 12.9. The Morgan fingerprint density at radius 3 is 2.85 bits per heavy atom. The Kier molecular flexibility index (Phi) is 2.87. The van der Waals surface area contributed by atoms with Crippen LogP contribution in [-0.2, 0) is 17.1 Å². The van der Waals surface area contributed by atoms with Crippen molar-refractivity contribution in [3.8, 4) is 0 Å². The minimum Gasteiger partial charge on any atom is -0.399 e. The highest BCUT2D eigenvalue weighted by molar-refractivity contribution is 7.92. The molecule has 20 heavy (non-hydrogen) atoms. The summed E-state index contributed by atoms with van der Waals surface area (Å²) in [5.74, 6) is 0. The zero-order valence-corrected chi connectivity index (χ0v) is 12.1. The summed E-state index contributed by atoms with van der Waals surface area (Å²) in [6.45, 7) is 0. The summed E-state index contributed by atoms with van der Waals surface area (Å²) in [5, 5.41) is 4.22. The van der Waals surface area contributed by atoms with Crippen LogP contribution in [0.3, 0.4) is 0 Å². The molecule has 0 aliphatic carbocycles. The van der Waals surface area contributed by atoms with Gasteiger partial charge in [-0.15, -0.1) is 0 Å². The molecule has 7 nitrogen and oxygen atoms in total. The number of anilines is 2. The van der Waals surface area contributed by atoms with Crippen molar-refractivity contribution in [2.45, 2.75) is 5.03 Å². The summed E-state index contributed by atoms with van der Waals surface area (Å²) in [6.07, 6.45) is 1.42. The maximum atomic E-state index is 12.2. The lowest BCUT2D eigenvalue weighted by atomic mass is 10.3. The lowest BCUT2D eigenvalue weighted by molar-refractivity contribution is 0.582. The molecule has 0 fully saturated rings. The molecule has 3 aromatic rings. The largest absolute Gasteiger partial charge is 0.399 e. The van der Waals surface area contributed by atoms with Gasteiger partial charge in [0.1, 0.15) is 0 Å². The Hall–Kier alpha value is -2.13. The molecule has 1 aromatic carbocycles. The highest BCUT2D eigenvalue weighted by Gasteiger charge is 2.19. The van der Waals surface area contributed by atoms with Gasteiger partial charge in [0.15, 0.2) is 10.2 Å². The third-order valence-electron chi connectivity index (χ3n) is 2.69. The van der Waals surface area contributed by atoms with E-state index in [1.165, 1.54) is 28.3 Å². The minimum atomic E-state index is -3.69. The van der Waals surface area contributed by atoms with E-state index in [4.69, 9.17) is 5.73 Å². The quantitative estimate of drug-likeness (QED) is 0.712. The molecule has 0 spiro atoms. The summed E-state index contributed by atoms with van der Waals surface area (Å²) in [5.41, 5.74) is 7.00. The Balaban J connectivity index is 1.99. The highest BCUT2D eigenvalue weighted by Crippen LogP contribution is 2.28. The standard InChI is InChI=1S/C11H11N5O2S2/c1-16-10(4-5-13-16)20(17,18)15-11-14-8-3-2-7(12)6-9(8)19-11/h2-6H,12H2,1H3,(H,14,15). The van der Waals surface area contributed by atoms with Crippen LogP contribution in [0.4, 0.5) is 10.8 Å². The van der Waals surface area contributed by atoms with Crippen LogP contribution >= 0.6 is 11.3 Å². The maximum Gasteiger partial charge on any atom is 0.280 e. The topological polar surface area (TPSA) is 103 Å². The van der Waals surface area contributed by atoms with Crippen LogP contribution in [0.2, 0.25) is 0 Å². The van der Waals surface area contributed by atoms with Crippen LogP contribution in [0, 0.1) is 0 Å². The molecular formula is C11H11N5O2S2. The van der Waals surface area contributed by atoms with E-state index in [0.717, 1.165) is 4.70 Å². The third-order valence-corrected chi connectivity index (χ3v) is 5.16. The van der Waals surface area contributed by atoms with Gasteiger partial charge in [0.2, 0.25) is 0 Å². The normalized spacial score (nSPS) is 11.8. The summed E-state index contributed by atoms with van der Waals surface area (Å²) >= 11 is 1.23. The Morgan fingerprint density at radius 1 is 1.35 bits per heavy atom. The Bertz CT molecular complexity index is 881. The average molecular weight is 309 g/mol. The predicted molar refractivity (Wildman–Crippen MR) is 78.0 cm³/mol. The number of nitrogen functional groups attached to an aromatic ring is 1. The van der Waals surface area contributed by atoms with Crippen molar-refractivity contribution in [2.75, 3.05) is 10.5 Å². The third kappa shape index (κ3) is 2.21. The monoisotopic (exact) mass is 309 g/mol. The number of fused-ring (bicyclic) bond motifs is 1. The number of benzene rings is 1. The molecule has 104 valence electrons. The van der Waals surface area contributed by atoms with E-state index in [9.17, 15) is 8.42 Å². The van der Waals surface area contributed by atoms with Gasteiger partial charge in [-0.05, 0) is 24.3 Å². The van der Waals surface area contributed by atoms with Crippen LogP contribution in [0.1, 0.15) is 0 Å². The number of thiazole rings is 1. The molecule has 0 bridgehead atoms. The zero-order valence-electron chi connectivity index (χ0n) is 10.4. The molecule has 2 aromatic heterocycles. The van der Waals surface area contributed by atoms with Crippen LogP contribution < -0.4 is 10.5 Å². The first-order valence-electron chi connectivity index (χ1n) is 5.62. The van der Waals surface area contributed by atoms with Gasteiger partial charge in [0.25, 0.3) is 10.0 Å². The number of nitrogens with one attached hydrogen (secondary N) is 1. The van der Waals surface area contributed by atoms with E-state index in [1.54, 1.807) is 25.2 Å². The summed E-state index contributed by atoms with van der Waals surface area (Å²) < 4.78 is 29.0. The molecule has 0 radical (unpaired) electrons. The second-order valence-corrected chi connectivity index (χ2v) is 6.80. The van der Waals surface area contributed by atoms with Crippen molar-refractivity contribution < 1.29 is 8.42 Å². The minimum absolute atomic E-state index is 0.0799. The van der Waals surface area contributed by atoms with E-state index in [1.807, 2.05) is 0 Å². The first-order chi connectivity index (χ1) is 9.45. The molecular weight excluding hydrogens is 298 g/mol. The summed E-state index contributed by atoms with van der Waals surface area (Å²) in [7, 11) is -2.13. The van der Waals surface area contributed by atoms with Crippen molar-refractivity contribution in [1.82, 2.24) is 14.8 Å². The van der Waals surface area contributed by atoms with Crippen LogP contribution in [0.5, 0.6) is 0 Å². The van der Waals surface area contributed by atoms with Gasteiger partial charge < -0.3 is 5.73 Å². The highest BCUT2D eigenvalue weighted by atomic mass is 32.2. The van der Waals surface area contributed by atoms with Crippen molar-refractivity contribution in [2.24, 2.45) is 7.05 Å². The molecule has 2 heterocycles. The number of nitrogens with two attached hydrogens (primary N) is 1. The molecule has 0 saturated heterocycles. The van der Waals surface area contributed by atoms with Gasteiger partial charge in [0, 0.05) is 12.7 Å². The van der Waals surface area contributed by atoms with Gasteiger partial charge in [-0.1, -0.05) is 11.3 Å². The maximum absolute atomic E-state index is 12.2. The smallest absolute Gasteiger partial charge is 0.280 e. The van der Waals surface area contributed by atoms with Crippen molar-refractivity contribution in [3.05, 3.63) is 30.5 Å². The second kappa shape index (κ2) is 4.46. The predicted octanol–water partition coefficient (Wildman–Crippen LogP) is 1.41. The van der Waals surface area contributed by atoms with Crippen molar-refractivity contribution in [3.63, 3.8) is 0 Å². The van der Waals surface area contributed by atoms with E-state index < -0.39 is 10.0 Å². The fourth-order valence-corrected chi connectivity index (χ4v) is 4.05. The molecule has 0 amide bonds. The number of nitrogens with zero attached hydrogens (tertiary/aromatic N) is 3. The molecule has 0 saturated carbocycles. The summed E-state index contributed by atoms with van der Waals surface area (Å²) in [4.78, 5) is 4.22. The first-order valence-corrected chi connectivity index (χ1v) is 7.92. The van der Waals surface area contributed by atoms with E-state index in [0.29, 0.717) is 16.3 Å². The van der Waals surface area contributed by atoms with Gasteiger partial charge in [0.05, 0.1) is 16.4 Å². The number of hydrogen-bond acceptors (Lipinski definition) is 6. The summed E-state index contributed by atoms with van der Waals surface area (Å²) in [6, 6.07) is 6.66. The fourth-order valence-electron chi connectivity index (χ4n) is 1.78. The molecule has 0 aliphatic heterocycles. The van der Waals surface area contributed by atoms with Gasteiger partial charge in [-0.3, -0.25) is 9.40 Å². The van der Waals surface area contributed by atoms with Gasteiger partial charge in [-0.25, -0.2) is 4.98 Å². The Labute approximate surface area is 119 Å². The average Bonchev–Trinajstić information content (AvgIpc) is 2.93. The van der Waals surface area contributed by atoms with Crippen LogP contribution in [0.15, 0.2) is 35.5 Å². The van der Waals surface area contributed by atoms with Crippen LogP contribution in [0.25, 0.3) is 10.2 Å². The SMILES string of the molecule is Cn1nccc1S(=O)(=O)Nc1nc2ccc(N)cc2s1. The molecule has 3 N–H and O–H groups in total. The van der Waals surface area contributed by atoms with E-state index in [2.05, 4.69) is 14.8 Å². The zero-order chi connectivity index (χ0) is 14.3.